The summed E-state index contributed by atoms with van der Waals surface area (Å²) in [5.74, 6) is -0.674. The SMILES string of the molecule is CC(F)(c1ccc2c(c1)CC[C@H]1N(C(=O)C3(O)CC3)CC[C@@]21Cc1ccc(F)cc1)C(F)(F)F. The summed E-state index contributed by atoms with van der Waals surface area (Å²) < 4.78 is 68.3. The minimum atomic E-state index is -5.04. The van der Waals surface area contributed by atoms with Crippen molar-refractivity contribution < 1.29 is 31.9 Å². The molecule has 8 heteroatoms. The van der Waals surface area contributed by atoms with E-state index in [2.05, 4.69) is 0 Å². The Kier molecular flexibility index (Phi) is 5.14. The zero-order valence-electron chi connectivity index (χ0n) is 18.8. The lowest BCUT2D eigenvalue weighted by Crippen LogP contribution is -2.52. The summed E-state index contributed by atoms with van der Waals surface area (Å²) in [6.07, 6.45) is -2.29. The van der Waals surface area contributed by atoms with Gasteiger partial charge in [-0.3, -0.25) is 4.79 Å². The molecule has 2 fully saturated rings. The third-order valence-corrected chi connectivity index (χ3v) is 8.03. The first-order chi connectivity index (χ1) is 15.9. The van der Waals surface area contributed by atoms with Crippen molar-refractivity contribution in [2.75, 3.05) is 6.54 Å². The van der Waals surface area contributed by atoms with Crippen LogP contribution < -0.4 is 0 Å². The first kappa shape index (κ1) is 23.3. The Bertz CT molecular complexity index is 1120. The molecule has 0 spiro atoms. The number of nitrogens with zero attached hydrogens (tertiary/aromatic N) is 1. The number of amides is 1. The summed E-state index contributed by atoms with van der Waals surface area (Å²) in [5, 5.41) is 10.5. The van der Waals surface area contributed by atoms with E-state index in [4.69, 9.17) is 0 Å². The highest BCUT2D eigenvalue weighted by molar-refractivity contribution is 5.88. The van der Waals surface area contributed by atoms with Gasteiger partial charge in [-0.15, -0.1) is 0 Å². The van der Waals surface area contributed by atoms with Crippen molar-refractivity contribution in [2.24, 2.45) is 0 Å². The molecule has 3 nitrogen and oxygen atoms in total. The Hall–Kier alpha value is -2.48. The van der Waals surface area contributed by atoms with Crippen LogP contribution in [-0.2, 0) is 28.7 Å². The van der Waals surface area contributed by atoms with Gasteiger partial charge in [0.1, 0.15) is 11.4 Å². The third kappa shape index (κ3) is 3.53. The van der Waals surface area contributed by atoms with Crippen LogP contribution >= 0.6 is 0 Å². The molecular weight excluding hydrogens is 453 g/mol. The number of alkyl halides is 4. The number of aliphatic hydroxyl groups is 1. The maximum Gasteiger partial charge on any atom is 0.426 e. The van der Waals surface area contributed by atoms with Crippen LogP contribution in [0, 0.1) is 5.82 Å². The van der Waals surface area contributed by atoms with Crippen molar-refractivity contribution >= 4 is 5.91 Å². The number of aryl methyl sites for hydroxylation is 1. The Morgan fingerprint density at radius 3 is 2.38 bits per heavy atom. The maximum atomic E-state index is 14.7. The minimum absolute atomic E-state index is 0.257. The number of halogens is 5. The molecule has 182 valence electrons. The Morgan fingerprint density at radius 1 is 1.09 bits per heavy atom. The topological polar surface area (TPSA) is 40.5 Å². The first-order valence-corrected chi connectivity index (χ1v) is 11.5. The molecule has 2 aromatic carbocycles. The van der Waals surface area contributed by atoms with Crippen molar-refractivity contribution in [2.45, 2.75) is 74.4 Å². The second-order valence-electron chi connectivity index (χ2n) is 10.2. The summed E-state index contributed by atoms with van der Waals surface area (Å²) in [5.41, 5.74) is -3.57. The lowest BCUT2D eigenvalue weighted by molar-refractivity contribution is -0.228. The molecular formula is C26H26F5NO2. The van der Waals surface area contributed by atoms with E-state index in [1.165, 1.54) is 24.3 Å². The molecule has 2 aliphatic carbocycles. The fraction of sp³-hybridized carbons (Fsp3) is 0.500. The number of hydrogen-bond acceptors (Lipinski definition) is 2. The summed E-state index contributed by atoms with van der Waals surface area (Å²) >= 11 is 0. The van der Waals surface area contributed by atoms with Crippen LogP contribution in [0.15, 0.2) is 42.5 Å². The zero-order chi connectivity index (χ0) is 24.5. The largest absolute Gasteiger partial charge is 0.426 e. The van der Waals surface area contributed by atoms with Gasteiger partial charge in [0.15, 0.2) is 0 Å². The van der Waals surface area contributed by atoms with E-state index in [0.29, 0.717) is 57.6 Å². The summed E-state index contributed by atoms with van der Waals surface area (Å²) in [4.78, 5) is 14.8. The van der Waals surface area contributed by atoms with Gasteiger partial charge in [-0.2, -0.15) is 13.2 Å². The highest BCUT2D eigenvalue weighted by Crippen LogP contribution is 2.52. The molecule has 1 amide bonds. The van der Waals surface area contributed by atoms with Crippen molar-refractivity contribution in [1.82, 2.24) is 4.90 Å². The van der Waals surface area contributed by atoms with E-state index in [1.54, 1.807) is 23.1 Å². The molecule has 2 aromatic rings. The van der Waals surface area contributed by atoms with E-state index in [9.17, 15) is 31.9 Å². The fourth-order valence-electron chi connectivity index (χ4n) is 5.83. The monoisotopic (exact) mass is 479 g/mol. The van der Waals surface area contributed by atoms with Crippen LogP contribution in [0.25, 0.3) is 0 Å². The van der Waals surface area contributed by atoms with Gasteiger partial charge >= 0.3 is 6.18 Å². The number of fused-ring (bicyclic) bond motifs is 3. The average molecular weight is 479 g/mol. The van der Waals surface area contributed by atoms with Crippen LogP contribution in [0.1, 0.15) is 54.9 Å². The highest BCUT2D eigenvalue weighted by Gasteiger charge is 2.59. The molecule has 1 N–H and O–H groups in total. The molecule has 1 saturated heterocycles. The van der Waals surface area contributed by atoms with E-state index >= 15 is 0 Å². The molecule has 34 heavy (non-hydrogen) atoms. The number of carbonyl (C=O) groups excluding carboxylic acids is 1. The standard InChI is InChI=1S/C26H26F5NO2/c1-23(28,26(29,30)31)18-5-8-20-17(14-18)4-9-21-24(20,15-16-2-6-19(27)7-3-16)12-13-32(21)22(33)25(34)10-11-25/h2-3,5-8,14,21,34H,4,9-13,15H2,1H3/t21-,23?,24-/m1/s1. The van der Waals surface area contributed by atoms with Gasteiger partial charge < -0.3 is 10.0 Å². The van der Waals surface area contributed by atoms with Gasteiger partial charge in [0.25, 0.3) is 5.91 Å². The van der Waals surface area contributed by atoms with E-state index in [0.717, 1.165) is 11.1 Å². The Balaban J connectivity index is 1.58. The minimum Gasteiger partial charge on any atom is -0.380 e. The Labute approximate surface area is 194 Å². The number of hydrogen-bond donors (Lipinski definition) is 1. The molecule has 1 unspecified atom stereocenters. The molecule has 5 rings (SSSR count). The molecule has 0 aromatic heterocycles. The van der Waals surface area contributed by atoms with Crippen LogP contribution in [0.5, 0.6) is 0 Å². The van der Waals surface area contributed by atoms with Crippen LogP contribution in [0.4, 0.5) is 22.0 Å². The molecule has 1 heterocycles. The van der Waals surface area contributed by atoms with Gasteiger partial charge in [0.2, 0.25) is 5.67 Å². The van der Waals surface area contributed by atoms with Gasteiger partial charge in [0, 0.05) is 18.0 Å². The van der Waals surface area contributed by atoms with E-state index < -0.39 is 28.4 Å². The lowest BCUT2D eigenvalue weighted by atomic mass is 9.63. The van der Waals surface area contributed by atoms with Crippen LogP contribution in [0.3, 0.4) is 0 Å². The summed E-state index contributed by atoms with van der Waals surface area (Å²) in [7, 11) is 0. The van der Waals surface area contributed by atoms with Crippen LogP contribution in [0.2, 0.25) is 0 Å². The maximum absolute atomic E-state index is 14.7. The second-order valence-corrected chi connectivity index (χ2v) is 10.2. The fourth-order valence-corrected chi connectivity index (χ4v) is 5.83. The van der Waals surface area contributed by atoms with E-state index in [-0.39, 0.29) is 17.8 Å². The summed E-state index contributed by atoms with van der Waals surface area (Å²) in [6, 6.07) is 9.88. The zero-order valence-corrected chi connectivity index (χ0v) is 18.8. The molecule has 3 atom stereocenters. The van der Waals surface area contributed by atoms with Gasteiger partial charge in [0.05, 0.1) is 0 Å². The molecule has 1 saturated carbocycles. The molecule has 1 aliphatic heterocycles. The van der Waals surface area contributed by atoms with Crippen molar-refractivity contribution in [1.29, 1.82) is 0 Å². The summed E-state index contributed by atoms with van der Waals surface area (Å²) in [6.45, 7) is 0.943. The number of benzene rings is 2. The van der Waals surface area contributed by atoms with Gasteiger partial charge in [-0.05, 0) is 79.8 Å². The number of carbonyl (C=O) groups is 1. The van der Waals surface area contributed by atoms with E-state index in [1.807, 2.05) is 0 Å². The average Bonchev–Trinajstić information content (AvgIpc) is 3.42. The quantitative estimate of drug-likeness (QED) is 0.618. The van der Waals surface area contributed by atoms with Gasteiger partial charge in [-0.1, -0.05) is 30.3 Å². The molecule has 0 radical (unpaired) electrons. The molecule has 3 aliphatic rings. The second kappa shape index (κ2) is 7.51. The van der Waals surface area contributed by atoms with Crippen molar-refractivity contribution in [3.63, 3.8) is 0 Å². The van der Waals surface area contributed by atoms with Crippen molar-refractivity contribution in [3.05, 3.63) is 70.5 Å². The normalized spacial score (nSPS) is 27.0. The molecule has 0 bridgehead atoms. The predicted molar refractivity (Wildman–Crippen MR) is 115 cm³/mol. The lowest BCUT2D eigenvalue weighted by Gasteiger charge is -2.44. The van der Waals surface area contributed by atoms with Crippen molar-refractivity contribution in [3.8, 4) is 0 Å². The highest BCUT2D eigenvalue weighted by atomic mass is 19.4. The predicted octanol–water partition coefficient (Wildman–Crippen LogP) is 5.13. The van der Waals surface area contributed by atoms with Crippen LogP contribution in [-0.4, -0.2) is 40.3 Å². The smallest absolute Gasteiger partial charge is 0.380 e. The number of rotatable bonds is 4. The first-order valence-electron chi connectivity index (χ1n) is 11.5. The number of likely N-dealkylation sites (tertiary alicyclic amines) is 1. The Morgan fingerprint density at radius 2 is 1.76 bits per heavy atom. The van der Waals surface area contributed by atoms with Gasteiger partial charge in [-0.25, -0.2) is 8.78 Å². The third-order valence-electron chi connectivity index (χ3n) is 8.03.